The Morgan fingerprint density at radius 1 is 1.21 bits per heavy atom. The molecule has 1 unspecified atom stereocenters. The smallest absolute Gasteiger partial charge is 0.409 e. The molecule has 1 atom stereocenters. The first-order valence-electron chi connectivity index (χ1n) is 6.60. The van der Waals surface area contributed by atoms with Crippen LogP contribution in [-0.4, -0.2) is 31.2 Å². The van der Waals surface area contributed by atoms with Gasteiger partial charge in [-0.05, 0) is 22.8 Å². The van der Waals surface area contributed by atoms with Gasteiger partial charge in [-0.25, -0.2) is 4.79 Å². The number of methoxy groups -OCH3 is 1. The topological polar surface area (TPSA) is 29.5 Å². The van der Waals surface area contributed by atoms with Gasteiger partial charge in [-0.15, -0.1) is 0 Å². The fourth-order valence-corrected chi connectivity index (χ4v) is 2.92. The number of likely N-dealkylation sites (tertiary alicyclic amines) is 1. The van der Waals surface area contributed by atoms with E-state index in [0.717, 1.165) is 19.5 Å². The molecule has 3 heteroatoms. The number of rotatable bonds is 1. The minimum absolute atomic E-state index is 0.220. The lowest BCUT2D eigenvalue weighted by atomic mass is 9.93. The van der Waals surface area contributed by atoms with Gasteiger partial charge >= 0.3 is 6.09 Å². The summed E-state index contributed by atoms with van der Waals surface area (Å²) in [5, 5.41) is 2.55. The fraction of sp³-hybridized carbons (Fsp3) is 0.312. The maximum Gasteiger partial charge on any atom is 0.409 e. The number of amides is 1. The molecule has 0 spiro atoms. The number of benzene rings is 2. The van der Waals surface area contributed by atoms with Gasteiger partial charge in [0.2, 0.25) is 0 Å². The van der Waals surface area contributed by atoms with Gasteiger partial charge in [-0.2, -0.15) is 0 Å². The van der Waals surface area contributed by atoms with E-state index >= 15 is 0 Å². The van der Waals surface area contributed by atoms with Crippen molar-refractivity contribution in [1.82, 2.24) is 4.90 Å². The van der Waals surface area contributed by atoms with E-state index in [2.05, 4.69) is 42.5 Å². The van der Waals surface area contributed by atoms with Gasteiger partial charge in [-0.1, -0.05) is 42.5 Å². The molecule has 1 saturated heterocycles. The Bertz CT molecular complexity index is 603. The summed E-state index contributed by atoms with van der Waals surface area (Å²) in [5.41, 5.74) is 1.34. The van der Waals surface area contributed by atoms with E-state index in [1.54, 1.807) is 4.90 Å². The van der Waals surface area contributed by atoms with Crippen LogP contribution in [0.25, 0.3) is 10.8 Å². The zero-order valence-corrected chi connectivity index (χ0v) is 11.0. The quantitative estimate of drug-likeness (QED) is 0.781. The molecule has 19 heavy (non-hydrogen) atoms. The summed E-state index contributed by atoms with van der Waals surface area (Å²) in [4.78, 5) is 13.3. The molecule has 2 aromatic carbocycles. The third kappa shape index (κ3) is 2.16. The second-order valence-electron chi connectivity index (χ2n) is 4.97. The number of nitrogens with zero attached hydrogens (tertiary/aromatic N) is 1. The van der Waals surface area contributed by atoms with E-state index in [-0.39, 0.29) is 6.09 Å². The molecule has 2 aromatic rings. The average Bonchev–Trinajstić information content (AvgIpc) is 2.95. The molecular formula is C16H17NO2. The van der Waals surface area contributed by atoms with E-state index < -0.39 is 0 Å². The number of fused-ring (bicyclic) bond motifs is 1. The van der Waals surface area contributed by atoms with E-state index in [4.69, 9.17) is 4.74 Å². The first kappa shape index (κ1) is 12.0. The van der Waals surface area contributed by atoms with Gasteiger partial charge in [0.25, 0.3) is 0 Å². The van der Waals surface area contributed by atoms with Gasteiger partial charge in [-0.3, -0.25) is 0 Å². The molecule has 1 amide bonds. The van der Waals surface area contributed by atoms with Gasteiger partial charge in [0.05, 0.1) is 7.11 Å². The van der Waals surface area contributed by atoms with Crippen molar-refractivity contribution in [2.24, 2.45) is 0 Å². The van der Waals surface area contributed by atoms with E-state index in [1.807, 2.05) is 0 Å². The van der Waals surface area contributed by atoms with Gasteiger partial charge in [0.1, 0.15) is 0 Å². The number of hydrogen-bond donors (Lipinski definition) is 0. The van der Waals surface area contributed by atoms with Crippen molar-refractivity contribution in [1.29, 1.82) is 0 Å². The molecule has 0 aromatic heterocycles. The molecule has 1 aliphatic rings. The zero-order valence-electron chi connectivity index (χ0n) is 11.0. The summed E-state index contributed by atoms with van der Waals surface area (Å²) in [6.45, 7) is 1.53. The van der Waals surface area contributed by atoms with Crippen molar-refractivity contribution in [2.75, 3.05) is 20.2 Å². The molecule has 1 heterocycles. The Morgan fingerprint density at radius 2 is 2.00 bits per heavy atom. The second-order valence-corrected chi connectivity index (χ2v) is 4.97. The van der Waals surface area contributed by atoms with Crippen LogP contribution in [0.2, 0.25) is 0 Å². The largest absolute Gasteiger partial charge is 0.453 e. The molecule has 0 radical (unpaired) electrons. The summed E-state index contributed by atoms with van der Waals surface area (Å²) in [6, 6.07) is 14.8. The third-order valence-corrected chi connectivity index (χ3v) is 3.88. The van der Waals surface area contributed by atoms with E-state index in [1.165, 1.54) is 23.4 Å². The first-order chi connectivity index (χ1) is 9.29. The highest BCUT2D eigenvalue weighted by atomic mass is 16.5. The number of hydrogen-bond acceptors (Lipinski definition) is 2. The van der Waals surface area contributed by atoms with Gasteiger partial charge < -0.3 is 9.64 Å². The molecule has 0 N–H and O–H groups in total. The van der Waals surface area contributed by atoms with Crippen LogP contribution >= 0.6 is 0 Å². The predicted molar refractivity (Wildman–Crippen MR) is 75.3 cm³/mol. The lowest BCUT2D eigenvalue weighted by Gasteiger charge is -2.16. The predicted octanol–water partition coefficient (Wildman–Crippen LogP) is 3.40. The molecule has 0 aliphatic carbocycles. The minimum Gasteiger partial charge on any atom is -0.453 e. The highest BCUT2D eigenvalue weighted by Crippen LogP contribution is 2.32. The summed E-state index contributed by atoms with van der Waals surface area (Å²) in [6.07, 6.45) is 0.783. The fourth-order valence-electron chi connectivity index (χ4n) is 2.92. The number of ether oxygens (including phenoxy) is 1. The standard InChI is InChI=1S/C16H17NO2/c1-19-16(18)17-10-9-13(11-17)15-8-4-6-12-5-2-3-7-14(12)15/h2-8,13H,9-11H2,1H3. The Labute approximate surface area is 112 Å². The van der Waals surface area contributed by atoms with Gasteiger partial charge in [0, 0.05) is 19.0 Å². The Balaban J connectivity index is 1.92. The summed E-state index contributed by atoms with van der Waals surface area (Å²) in [5.74, 6) is 0.408. The maximum atomic E-state index is 11.6. The number of carbonyl (C=O) groups is 1. The van der Waals surface area contributed by atoms with Crippen LogP contribution in [0, 0.1) is 0 Å². The Kier molecular flexibility index (Phi) is 3.11. The highest BCUT2D eigenvalue weighted by molar-refractivity contribution is 5.86. The van der Waals surface area contributed by atoms with Crippen molar-refractivity contribution in [2.45, 2.75) is 12.3 Å². The lowest BCUT2D eigenvalue weighted by Crippen LogP contribution is -2.28. The van der Waals surface area contributed by atoms with Crippen molar-refractivity contribution < 1.29 is 9.53 Å². The highest BCUT2D eigenvalue weighted by Gasteiger charge is 2.28. The average molecular weight is 255 g/mol. The van der Waals surface area contributed by atoms with Crippen LogP contribution in [0.5, 0.6) is 0 Å². The van der Waals surface area contributed by atoms with Crippen LogP contribution in [0.3, 0.4) is 0 Å². The maximum absolute atomic E-state index is 11.6. The zero-order chi connectivity index (χ0) is 13.2. The summed E-state index contributed by atoms with van der Waals surface area (Å²) < 4.78 is 4.79. The summed E-state index contributed by atoms with van der Waals surface area (Å²) in [7, 11) is 1.44. The molecular weight excluding hydrogens is 238 g/mol. The van der Waals surface area contributed by atoms with E-state index in [0.29, 0.717) is 5.92 Å². The molecule has 3 nitrogen and oxygen atoms in total. The first-order valence-corrected chi connectivity index (χ1v) is 6.60. The van der Waals surface area contributed by atoms with Crippen LogP contribution in [0.15, 0.2) is 42.5 Å². The van der Waals surface area contributed by atoms with Crippen molar-refractivity contribution in [3.63, 3.8) is 0 Å². The SMILES string of the molecule is COC(=O)N1CCC(c2cccc3ccccc23)C1. The van der Waals surface area contributed by atoms with Crippen molar-refractivity contribution >= 4 is 16.9 Å². The second kappa shape index (κ2) is 4.92. The van der Waals surface area contributed by atoms with Crippen LogP contribution in [0.4, 0.5) is 4.79 Å². The van der Waals surface area contributed by atoms with Crippen LogP contribution in [0.1, 0.15) is 17.9 Å². The van der Waals surface area contributed by atoms with Gasteiger partial charge in [0.15, 0.2) is 0 Å². The Morgan fingerprint density at radius 3 is 2.84 bits per heavy atom. The molecule has 0 saturated carbocycles. The minimum atomic E-state index is -0.220. The third-order valence-electron chi connectivity index (χ3n) is 3.88. The van der Waals surface area contributed by atoms with Crippen molar-refractivity contribution in [3.05, 3.63) is 48.0 Å². The monoisotopic (exact) mass is 255 g/mol. The molecule has 3 rings (SSSR count). The van der Waals surface area contributed by atoms with E-state index in [9.17, 15) is 4.79 Å². The Hall–Kier alpha value is -2.03. The summed E-state index contributed by atoms with van der Waals surface area (Å²) >= 11 is 0. The van der Waals surface area contributed by atoms with Crippen LogP contribution in [-0.2, 0) is 4.74 Å². The molecule has 98 valence electrons. The lowest BCUT2D eigenvalue weighted by molar-refractivity contribution is 0.132. The molecule has 0 bridgehead atoms. The van der Waals surface area contributed by atoms with Crippen molar-refractivity contribution in [3.8, 4) is 0 Å². The van der Waals surface area contributed by atoms with Crippen LogP contribution < -0.4 is 0 Å². The number of carbonyl (C=O) groups excluding carboxylic acids is 1. The molecule has 1 aliphatic heterocycles. The normalized spacial score (nSPS) is 18.8. The molecule has 1 fully saturated rings.